The fraction of sp³-hybridized carbons (Fsp3) is 0.652. The second kappa shape index (κ2) is 10.6. The van der Waals surface area contributed by atoms with E-state index in [9.17, 15) is 14.0 Å². The van der Waals surface area contributed by atoms with Gasteiger partial charge in [-0.3, -0.25) is 4.79 Å². The highest BCUT2D eigenvalue weighted by Gasteiger charge is 2.24. The van der Waals surface area contributed by atoms with Crippen molar-refractivity contribution in [1.82, 2.24) is 10.2 Å². The Morgan fingerprint density at radius 1 is 1.07 bits per heavy atom. The Balaban J connectivity index is 0.000000221. The van der Waals surface area contributed by atoms with Crippen LogP contribution in [0.15, 0.2) is 18.2 Å². The molecule has 0 atom stereocenters. The molecule has 0 bridgehead atoms. The second-order valence-corrected chi connectivity index (χ2v) is 8.90. The van der Waals surface area contributed by atoms with Crippen molar-refractivity contribution in [3.05, 3.63) is 35.1 Å². The van der Waals surface area contributed by atoms with Crippen LogP contribution in [0.3, 0.4) is 0 Å². The fourth-order valence-corrected chi connectivity index (χ4v) is 3.59. The molecule has 3 rings (SSSR count). The maximum absolute atomic E-state index is 13.3. The summed E-state index contributed by atoms with van der Waals surface area (Å²) in [6.07, 6.45) is 7.74. The van der Waals surface area contributed by atoms with Crippen LogP contribution in [0.4, 0.5) is 9.18 Å². The SMILES string of the molecule is CC(C)(C)OC(=O)N1CCCC1.Cc1c(F)cccc1C(=O)NC1CCCCC1. The van der Waals surface area contributed by atoms with Gasteiger partial charge in [0.2, 0.25) is 0 Å². The Morgan fingerprint density at radius 3 is 2.28 bits per heavy atom. The molecule has 1 aromatic rings. The molecule has 1 aromatic carbocycles. The van der Waals surface area contributed by atoms with E-state index in [0.717, 1.165) is 38.8 Å². The predicted octanol–water partition coefficient (Wildman–Crippen LogP) is 5.21. The average molecular weight is 407 g/mol. The molecule has 162 valence electrons. The van der Waals surface area contributed by atoms with E-state index in [1.807, 2.05) is 20.8 Å². The molecule has 0 spiro atoms. The van der Waals surface area contributed by atoms with E-state index in [2.05, 4.69) is 5.32 Å². The van der Waals surface area contributed by atoms with E-state index < -0.39 is 0 Å². The molecule has 2 amide bonds. The van der Waals surface area contributed by atoms with Crippen molar-refractivity contribution in [2.75, 3.05) is 13.1 Å². The van der Waals surface area contributed by atoms with Crippen LogP contribution < -0.4 is 5.32 Å². The molecule has 29 heavy (non-hydrogen) atoms. The zero-order valence-electron chi connectivity index (χ0n) is 18.2. The number of carbonyl (C=O) groups excluding carboxylic acids is 2. The number of amides is 2. The molecule has 0 radical (unpaired) electrons. The lowest BCUT2D eigenvalue weighted by Crippen LogP contribution is -2.36. The van der Waals surface area contributed by atoms with Crippen LogP contribution in [0.1, 0.15) is 81.6 Å². The standard InChI is InChI=1S/C14H18FNO.C9H17NO2/c1-10-12(8-5-9-13(10)15)14(17)16-11-6-3-2-4-7-11;1-9(2,3)12-8(11)10-6-4-5-7-10/h5,8-9,11H,2-4,6-7H2,1H3,(H,16,17);4-7H2,1-3H3. The zero-order chi connectivity index (χ0) is 21.4. The maximum atomic E-state index is 13.3. The van der Waals surface area contributed by atoms with Crippen molar-refractivity contribution in [2.24, 2.45) is 0 Å². The first-order chi connectivity index (χ1) is 13.7. The Bertz CT molecular complexity index is 688. The Labute approximate surface area is 174 Å². The fourth-order valence-electron chi connectivity index (χ4n) is 3.59. The summed E-state index contributed by atoms with van der Waals surface area (Å²) in [5, 5.41) is 3.00. The molecule has 0 unspecified atom stereocenters. The summed E-state index contributed by atoms with van der Waals surface area (Å²) in [4.78, 5) is 25.1. The minimum absolute atomic E-state index is 0.145. The van der Waals surface area contributed by atoms with Crippen molar-refractivity contribution < 1.29 is 18.7 Å². The van der Waals surface area contributed by atoms with Crippen molar-refractivity contribution in [2.45, 2.75) is 84.3 Å². The van der Waals surface area contributed by atoms with Gasteiger partial charge in [-0.25, -0.2) is 9.18 Å². The average Bonchev–Trinajstić information content (AvgIpc) is 3.19. The molecular weight excluding hydrogens is 371 g/mol. The Kier molecular flexibility index (Phi) is 8.47. The van der Waals surface area contributed by atoms with Gasteiger partial charge in [0, 0.05) is 24.7 Å². The lowest BCUT2D eigenvalue weighted by molar-refractivity contribution is 0.0295. The van der Waals surface area contributed by atoms with Gasteiger partial charge < -0.3 is 15.0 Å². The second-order valence-electron chi connectivity index (χ2n) is 8.90. The number of likely N-dealkylation sites (tertiary alicyclic amines) is 1. The van der Waals surface area contributed by atoms with Gasteiger partial charge in [-0.15, -0.1) is 0 Å². The van der Waals surface area contributed by atoms with Gasteiger partial charge in [0.05, 0.1) is 0 Å². The molecule has 1 N–H and O–H groups in total. The molecule has 5 nitrogen and oxygen atoms in total. The number of hydrogen-bond acceptors (Lipinski definition) is 3. The van der Waals surface area contributed by atoms with Crippen LogP contribution in [-0.2, 0) is 4.74 Å². The summed E-state index contributed by atoms with van der Waals surface area (Å²) in [5.74, 6) is -0.463. The van der Waals surface area contributed by atoms with Crippen LogP contribution >= 0.6 is 0 Å². The van der Waals surface area contributed by atoms with E-state index in [0.29, 0.717) is 11.1 Å². The normalized spacial score (nSPS) is 17.3. The van der Waals surface area contributed by atoms with Crippen LogP contribution in [0, 0.1) is 12.7 Å². The summed E-state index contributed by atoms with van der Waals surface area (Å²) in [7, 11) is 0. The number of halogens is 1. The molecule has 0 aromatic heterocycles. The number of benzene rings is 1. The maximum Gasteiger partial charge on any atom is 0.410 e. The van der Waals surface area contributed by atoms with Crippen molar-refractivity contribution in [1.29, 1.82) is 0 Å². The predicted molar refractivity (Wildman–Crippen MR) is 113 cm³/mol. The highest BCUT2D eigenvalue weighted by atomic mass is 19.1. The van der Waals surface area contributed by atoms with Gasteiger partial charge in [-0.1, -0.05) is 25.3 Å². The van der Waals surface area contributed by atoms with Crippen LogP contribution in [-0.4, -0.2) is 41.6 Å². The number of ether oxygens (including phenoxy) is 1. The lowest BCUT2D eigenvalue weighted by Gasteiger charge is -2.23. The summed E-state index contributed by atoms with van der Waals surface area (Å²) in [6, 6.07) is 4.90. The lowest BCUT2D eigenvalue weighted by atomic mass is 9.95. The third kappa shape index (κ3) is 7.67. The third-order valence-electron chi connectivity index (χ3n) is 5.21. The summed E-state index contributed by atoms with van der Waals surface area (Å²) < 4.78 is 18.5. The molecule has 1 aliphatic carbocycles. The third-order valence-corrected chi connectivity index (χ3v) is 5.21. The minimum Gasteiger partial charge on any atom is -0.444 e. The summed E-state index contributed by atoms with van der Waals surface area (Å²) >= 11 is 0. The van der Waals surface area contributed by atoms with E-state index in [1.54, 1.807) is 24.0 Å². The quantitative estimate of drug-likeness (QED) is 0.733. The Hall–Kier alpha value is -2.11. The van der Waals surface area contributed by atoms with Gasteiger partial charge in [-0.2, -0.15) is 0 Å². The van der Waals surface area contributed by atoms with Gasteiger partial charge in [0.1, 0.15) is 11.4 Å². The molecular formula is C23H35FN2O3. The van der Waals surface area contributed by atoms with Crippen LogP contribution in [0.25, 0.3) is 0 Å². The molecule has 1 aliphatic heterocycles. The van der Waals surface area contributed by atoms with Crippen LogP contribution in [0.2, 0.25) is 0 Å². The van der Waals surface area contributed by atoms with E-state index in [1.165, 1.54) is 25.3 Å². The number of nitrogens with one attached hydrogen (secondary N) is 1. The Morgan fingerprint density at radius 2 is 1.69 bits per heavy atom. The highest BCUT2D eigenvalue weighted by Crippen LogP contribution is 2.19. The minimum atomic E-state index is -0.361. The number of nitrogens with zero attached hydrogens (tertiary/aromatic N) is 1. The van der Waals surface area contributed by atoms with E-state index in [4.69, 9.17) is 4.74 Å². The monoisotopic (exact) mass is 406 g/mol. The zero-order valence-corrected chi connectivity index (χ0v) is 18.2. The molecule has 1 saturated carbocycles. The first-order valence-corrected chi connectivity index (χ1v) is 10.7. The topological polar surface area (TPSA) is 58.6 Å². The molecule has 1 saturated heterocycles. The highest BCUT2D eigenvalue weighted by molar-refractivity contribution is 5.95. The number of rotatable bonds is 2. The summed E-state index contributed by atoms with van der Waals surface area (Å²) in [5.41, 5.74) is 0.524. The van der Waals surface area contributed by atoms with Crippen molar-refractivity contribution >= 4 is 12.0 Å². The largest absolute Gasteiger partial charge is 0.444 e. The molecule has 2 aliphatic rings. The van der Waals surface area contributed by atoms with Gasteiger partial charge in [-0.05, 0) is 71.1 Å². The number of hydrogen-bond donors (Lipinski definition) is 1. The first-order valence-electron chi connectivity index (χ1n) is 10.7. The van der Waals surface area contributed by atoms with Crippen LogP contribution in [0.5, 0.6) is 0 Å². The summed E-state index contributed by atoms with van der Waals surface area (Å²) in [6.45, 7) is 9.03. The van der Waals surface area contributed by atoms with Gasteiger partial charge in [0.25, 0.3) is 5.91 Å². The first kappa shape index (κ1) is 23.2. The molecule has 2 fully saturated rings. The smallest absolute Gasteiger partial charge is 0.410 e. The van der Waals surface area contributed by atoms with Crippen molar-refractivity contribution in [3.8, 4) is 0 Å². The molecule has 1 heterocycles. The van der Waals surface area contributed by atoms with Gasteiger partial charge >= 0.3 is 6.09 Å². The molecule has 6 heteroatoms. The van der Waals surface area contributed by atoms with E-state index >= 15 is 0 Å². The van der Waals surface area contributed by atoms with Gasteiger partial charge in [0.15, 0.2) is 0 Å². The van der Waals surface area contributed by atoms with Crippen molar-refractivity contribution in [3.63, 3.8) is 0 Å². The van der Waals surface area contributed by atoms with E-state index in [-0.39, 0.29) is 29.5 Å². The number of carbonyl (C=O) groups is 2.